The second-order valence-corrected chi connectivity index (χ2v) is 5.77. The number of halogens is 2. The minimum absolute atomic E-state index is 0.0552. The molecule has 0 saturated carbocycles. The molecule has 114 valence electrons. The van der Waals surface area contributed by atoms with Crippen LogP contribution in [-0.4, -0.2) is 36.1 Å². The van der Waals surface area contributed by atoms with Crippen molar-refractivity contribution in [1.29, 1.82) is 0 Å². The molecule has 0 atom stereocenters. The Labute approximate surface area is 131 Å². The molecule has 0 bridgehead atoms. The van der Waals surface area contributed by atoms with Gasteiger partial charge in [0, 0.05) is 44.6 Å². The van der Waals surface area contributed by atoms with Gasteiger partial charge in [-0.05, 0) is 6.07 Å². The van der Waals surface area contributed by atoms with E-state index in [0.29, 0.717) is 27.9 Å². The third-order valence-corrected chi connectivity index (χ3v) is 4.16. The first-order chi connectivity index (χ1) is 10.6. The Morgan fingerprint density at radius 2 is 2.05 bits per heavy atom. The van der Waals surface area contributed by atoms with E-state index in [-0.39, 0.29) is 5.02 Å². The first-order valence-electron chi connectivity index (χ1n) is 7.15. The highest BCUT2D eigenvalue weighted by molar-refractivity contribution is 6.31. The van der Waals surface area contributed by atoms with Crippen LogP contribution < -0.4 is 10.2 Å². The Morgan fingerprint density at radius 1 is 1.27 bits per heavy atom. The smallest absolute Gasteiger partial charge is 0.192 e. The summed E-state index contributed by atoms with van der Waals surface area (Å²) in [5.74, 6) is 0.812. The van der Waals surface area contributed by atoms with E-state index in [1.807, 2.05) is 0 Å². The lowest BCUT2D eigenvalue weighted by Gasteiger charge is -2.28. The zero-order chi connectivity index (χ0) is 15.3. The van der Waals surface area contributed by atoms with Crippen LogP contribution in [0.3, 0.4) is 0 Å². The molecule has 0 radical (unpaired) electrons. The van der Waals surface area contributed by atoms with Crippen LogP contribution in [-0.2, 0) is 0 Å². The zero-order valence-corrected chi connectivity index (χ0v) is 12.7. The largest absolute Gasteiger partial charge is 0.440 e. The van der Waals surface area contributed by atoms with Gasteiger partial charge in [0.1, 0.15) is 5.82 Å². The van der Waals surface area contributed by atoms with Crippen LogP contribution in [0.2, 0.25) is 5.02 Å². The molecule has 1 aromatic carbocycles. The van der Waals surface area contributed by atoms with E-state index in [2.05, 4.69) is 20.2 Å². The number of nitrogens with one attached hydrogen (secondary N) is 1. The van der Waals surface area contributed by atoms with E-state index in [4.69, 9.17) is 16.0 Å². The number of aromatic nitrogens is 2. The van der Waals surface area contributed by atoms with Crippen LogP contribution in [0.1, 0.15) is 5.89 Å². The van der Waals surface area contributed by atoms with Crippen LogP contribution in [0.4, 0.5) is 10.2 Å². The molecular weight excluding hydrogens is 307 g/mol. The number of benzene rings is 1. The van der Waals surface area contributed by atoms with Gasteiger partial charge < -0.3 is 14.6 Å². The fourth-order valence-corrected chi connectivity index (χ4v) is 3.00. The molecule has 1 aliphatic rings. The Morgan fingerprint density at radius 3 is 2.82 bits per heavy atom. The van der Waals surface area contributed by atoms with Gasteiger partial charge in [-0.3, -0.25) is 0 Å². The zero-order valence-electron chi connectivity index (χ0n) is 12.0. The molecule has 22 heavy (non-hydrogen) atoms. The van der Waals surface area contributed by atoms with E-state index in [9.17, 15) is 4.39 Å². The molecule has 5 nitrogen and oxygen atoms in total. The lowest BCUT2D eigenvalue weighted by Crippen LogP contribution is -2.44. The molecule has 3 aromatic rings. The molecule has 1 fully saturated rings. The topological polar surface area (TPSA) is 54.2 Å². The van der Waals surface area contributed by atoms with Crippen molar-refractivity contribution in [2.45, 2.75) is 6.92 Å². The molecule has 3 heterocycles. The van der Waals surface area contributed by atoms with Gasteiger partial charge in [-0.25, -0.2) is 14.4 Å². The number of oxazole rings is 1. The molecule has 0 spiro atoms. The number of piperazine rings is 1. The van der Waals surface area contributed by atoms with E-state index in [1.165, 1.54) is 6.07 Å². The van der Waals surface area contributed by atoms with Gasteiger partial charge in [-0.1, -0.05) is 11.6 Å². The van der Waals surface area contributed by atoms with Crippen LogP contribution in [0.15, 0.2) is 16.5 Å². The summed E-state index contributed by atoms with van der Waals surface area (Å²) in [5, 5.41) is 4.04. The minimum atomic E-state index is -0.483. The summed E-state index contributed by atoms with van der Waals surface area (Å²) in [5.41, 5.74) is 1.84. The maximum absolute atomic E-state index is 13.8. The van der Waals surface area contributed by atoms with Gasteiger partial charge in [0.2, 0.25) is 0 Å². The highest BCUT2D eigenvalue weighted by Crippen LogP contribution is 2.34. The molecule has 1 saturated heterocycles. The molecule has 0 amide bonds. The van der Waals surface area contributed by atoms with Crippen molar-refractivity contribution in [3.8, 4) is 0 Å². The van der Waals surface area contributed by atoms with Crippen LogP contribution in [0, 0.1) is 12.7 Å². The Kier molecular flexibility index (Phi) is 3.16. The Bertz CT molecular complexity index is 873. The number of anilines is 1. The summed E-state index contributed by atoms with van der Waals surface area (Å²) in [7, 11) is 0. The molecule has 2 aromatic heterocycles. The van der Waals surface area contributed by atoms with Crippen molar-refractivity contribution in [3.63, 3.8) is 0 Å². The fraction of sp³-hybridized carbons (Fsp3) is 0.333. The lowest BCUT2D eigenvalue weighted by atomic mass is 10.2. The number of pyridine rings is 1. The molecule has 0 aliphatic carbocycles. The minimum Gasteiger partial charge on any atom is -0.440 e. The van der Waals surface area contributed by atoms with Gasteiger partial charge in [0.05, 0.1) is 10.5 Å². The predicted molar refractivity (Wildman–Crippen MR) is 84.1 cm³/mol. The first kappa shape index (κ1) is 13.7. The summed E-state index contributed by atoms with van der Waals surface area (Å²) in [6.07, 6.45) is 0. The highest BCUT2D eigenvalue weighted by Gasteiger charge is 2.21. The molecule has 1 aliphatic heterocycles. The predicted octanol–water partition coefficient (Wildman–Crippen LogP) is 2.89. The summed E-state index contributed by atoms with van der Waals surface area (Å²) >= 11 is 5.90. The Balaban J connectivity index is 2.03. The fourth-order valence-electron chi connectivity index (χ4n) is 2.84. The summed E-state index contributed by atoms with van der Waals surface area (Å²) in [6.45, 7) is 5.21. The standard InChI is InChI=1S/C15H14ClFN4O/c1-8-19-13-14(22-8)9-6-10(16)11(17)7-12(9)20-15(13)21-4-2-18-3-5-21/h6-7,18H,2-5H2,1H3. The number of fused-ring (bicyclic) bond motifs is 3. The SMILES string of the molecule is Cc1nc2c(N3CCNCC3)nc3cc(F)c(Cl)cc3c2o1. The van der Waals surface area contributed by atoms with Gasteiger partial charge in [-0.2, -0.15) is 0 Å². The second kappa shape index (κ2) is 5.07. The number of hydrogen-bond acceptors (Lipinski definition) is 5. The van der Waals surface area contributed by atoms with Crippen molar-refractivity contribution in [2.75, 3.05) is 31.1 Å². The van der Waals surface area contributed by atoms with Crippen molar-refractivity contribution in [3.05, 3.63) is 28.9 Å². The van der Waals surface area contributed by atoms with Crippen LogP contribution in [0.25, 0.3) is 22.0 Å². The third-order valence-electron chi connectivity index (χ3n) is 3.87. The van der Waals surface area contributed by atoms with Crippen LogP contribution in [0.5, 0.6) is 0 Å². The van der Waals surface area contributed by atoms with E-state index in [1.54, 1.807) is 13.0 Å². The average molecular weight is 321 g/mol. The monoisotopic (exact) mass is 320 g/mol. The van der Waals surface area contributed by atoms with Crippen molar-refractivity contribution in [2.24, 2.45) is 0 Å². The maximum Gasteiger partial charge on any atom is 0.192 e. The number of nitrogens with zero attached hydrogens (tertiary/aromatic N) is 3. The van der Waals surface area contributed by atoms with Gasteiger partial charge in [0.25, 0.3) is 0 Å². The normalized spacial score (nSPS) is 15.9. The first-order valence-corrected chi connectivity index (χ1v) is 7.53. The quantitative estimate of drug-likeness (QED) is 0.747. The van der Waals surface area contributed by atoms with Gasteiger partial charge in [-0.15, -0.1) is 0 Å². The van der Waals surface area contributed by atoms with E-state index < -0.39 is 5.82 Å². The third kappa shape index (κ3) is 2.10. The average Bonchev–Trinajstić information content (AvgIpc) is 2.91. The molecule has 1 N–H and O–H groups in total. The van der Waals surface area contributed by atoms with E-state index >= 15 is 0 Å². The molecule has 0 unspecified atom stereocenters. The Hall–Kier alpha value is -1.92. The van der Waals surface area contributed by atoms with Crippen molar-refractivity contribution >= 4 is 39.4 Å². The molecular formula is C15H14ClFN4O. The van der Waals surface area contributed by atoms with E-state index in [0.717, 1.165) is 32.0 Å². The van der Waals surface area contributed by atoms with Crippen LogP contribution >= 0.6 is 11.6 Å². The number of hydrogen-bond donors (Lipinski definition) is 1. The van der Waals surface area contributed by atoms with Gasteiger partial charge >= 0.3 is 0 Å². The second-order valence-electron chi connectivity index (χ2n) is 5.37. The molecule has 4 rings (SSSR count). The van der Waals surface area contributed by atoms with Gasteiger partial charge in [0.15, 0.2) is 22.8 Å². The number of aryl methyl sites for hydroxylation is 1. The van der Waals surface area contributed by atoms with Crippen molar-refractivity contribution < 1.29 is 8.81 Å². The molecule has 7 heteroatoms. The lowest BCUT2D eigenvalue weighted by molar-refractivity contribution is 0.563. The maximum atomic E-state index is 13.8. The van der Waals surface area contributed by atoms with Crippen molar-refractivity contribution in [1.82, 2.24) is 15.3 Å². The summed E-state index contributed by atoms with van der Waals surface area (Å²) in [4.78, 5) is 11.2. The summed E-state index contributed by atoms with van der Waals surface area (Å²) < 4.78 is 19.5. The summed E-state index contributed by atoms with van der Waals surface area (Å²) in [6, 6.07) is 2.90. The number of rotatable bonds is 1. The highest BCUT2D eigenvalue weighted by atomic mass is 35.5.